The summed E-state index contributed by atoms with van der Waals surface area (Å²) in [7, 11) is 0. The molecule has 0 saturated carbocycles. The van der Waals surface area contributed by atoms with Crippen molar-refractivity contribution in [3.63, 3.8) is 0 Å². The van der Waals surface area contributed by atoms with Gasteiger partial charge in [-0.05, 0) is 37.4 Å². The van der Waals surface area contributed by atoms with Crippen LogP contribution < -0.4 is 15.4 Å². The summed E-state index contributed by atoms with van der Waals surface area (Å²) in [6.45, 7) is 7.86. The van der Waals surface area contributed by atoms with Crippen molar-refractivity contribution in [3.8, 4) is 18.1 Å². The lowest BCUT2D eigenvalue weighted by molar-refractivity contribution is -0.111. The van der Waals surface area contributed by atoms with Gasteiger partial charge in [0.15, 0.2) is 0 Å². The molecule has 2 N–H and O–H groups in total. The van der Waals surface area contributed by atoms with Gasteiger partial charge in [-0.1, -0.05) is 37.4 Å². The van der Waals surface area contributed by atoms with Gasteiger partial charge >= 0.3 is 0 Å². The molecule has 0 aliphatic carbocycles. The highest BCUT2D eigenvalue weighted by Crippen LogP contribution is 2.35. The first kappa shape index (κ1) is 26.4. The number of aromatic nitrogens is 2. The first-order chi connectivity index (χ1) is 18.0. The van der Waals surface area contributed by atoms with E-state index < -0.39 is 0 Å². The lowest BCUT2D eigenvalue weighted by atomic mass is 10.1. The Hall–Kier alpha value is -3.64. The summed E-state index contributed by atoms with van der Waals surface area (Å²) in [4.78, 5) is 23.9. The molecule has 1 aromatic heterocycles. The molecule has 1 atom stereocenters. The van der Waals surface area contributed by atoms with E-state index in [4.69, 9.17) is 27.5 Å². The summed E-state index contributed by atoms with van der Waals surface area (Å²) in [6, 6.07) is 8.95. The average Bonchev–Trinajstić information content (AvgIpc) is 3.41. The molecule has 2 heterocycles. The van der Waals surface area contributed by atoms with Gasteiger partial charge in [0.1, 0.15) is 24.0 Å². The number of rotatable bonds is 10. The van der Waals surface area contributed by atoms with Crippen LogP contribution in [0.15, 0.2) is 48.8 Å². The smallest absolute Gasteiger partial charge is 0.248 e. The fraction of sp³-hybridized carbons (Fsp3) is 0.321. The molecule has 1 aliphatic rings. The van der Waals surface area contributed by atoms with E-state index in [0.717, 1.165) is 25.2 Å². The van der Waals surface area contributed by atoms with E-state index in [9.17, 15) is 4.79 Å². The molecule has 1 saturated heterocycles. The van der Waals surface area contributed by atoms with Crippen LogP contribution in [-0.4, -0.2) is 59.7 Å². The van der Waals surface area contributed by atoms with Gasteiger partial charge in [-0.15, -0.1) is 6.42 Å². The molecule has 0 bridgehead atoms. The van der Waals surface area contributed by atoms with Gasteiger partial charge in [-0.3, -0.25) is 4.79 Å². The van der Waals surface area contributed by atoms with Gasteiger partial charge < -0.3 is 25.0 Å². The molecule has 0 radical (unpaired) electrons. The maximum absolute atomic E-state index is 12.8. The largest absolute Gasteiger partial charge is 0.486 e. The minimum absolute atomic E-state index is 0.0954. The number of hydrogen-bond acceptors (Lipinski definition) is 7. The van der Waals surface area contributed by atoms with Crippen molar-refractivity contribution in [2.24, 2.45) is 0 Å². The van der Waals surface area contributed by atoms with Crippen molar-refractivity contribution >= 4 is 45.6 Å². The van der Waals surface area contributed by atoms with Gasteiger partial charge in [0, 0.05) is 41.7 Å². The fourth-order valence-corrected chi connectivity index (χ4v) is 4.15. The zero-order chi connectivity index (χ0) is 26.2. The third kappa shape index (κ3) is 6.77. The number of anilines is 3. The Bertz CT molecular complexity index is 1330. The fourth-order valence-electron chi connectivity index (χ4n) is 3.98. The Balaban J connectivity index is 1.65. The molecule has 192 valence electrons. The molecular formula is C28H30ClN5O3. The van der Waals surface area contributed by atoms with Crippen LogP contribution in [0.1, 0.15) is 25.8 Å². The van der Waals surface area contributed by atoms with Crippen molar-refractivity contribution in [1.82, 2.24) is 14.9 Å². The van der Waals surface area contributed by atoms with Gasteiger partial charge in [0.2, 0.25) is 5.91 Å². The van der Waals surface area contributed by atoms with E-state index in [1.165, 1.54) is 6.33 Å². The number of carbonyl (C=O) groups excluding carboxylic acids is 1. The topological polar surface area (TPSA) is 88.6 Å². The van der Waals surface area contributed by atoms with Gasteiger partial charge in [-0.2, -0.15) is 0 Å². The molecule has 1 amide bonds. The Morgan fingerprint density at radius 1 is 1.30 bits per heavy atom. The monoisotopic (exact) mass is 519 g/mol. The number of amides is 1. The zero-order valence-electron chi connectivity index (χ0n) is 21.0. The summed E-state index contributed by atoms with van der Waals surface area (Å²) in [5.74, 6) is 3.41. The number of ether oxygens (including phenoxy) is 2. The quantitative estimate of drug-likeness (QED) is 0.287. The molecule has 2 aromatic carbocycles. The van der Waals surface area contributed by atoms with E-state index in [1.54, 1.807) is 18.2 Å². The minimum Gasteiger partial charge on any atom is -0.486 e. The molecule has 1 aliphatic heterocycles. The number of halogens is 1. The van der Waals surface area contributed by atoms with Crippen molar-refractivity contribution in [2.75, 3.05) is 43.5 Å². The number of fused-ring (bicyclic) bond motifs is 1. The summed E-state index contributed by atoms with van der Waals surface area (Å²) in [6.07, 6.45) is 11.1. The average molecular weight is 520 g/mol. The first-order valence-electron chi connectivity index (χ1n) is 12.3. The number of nitrogens with one attached hydrogen (secondary N) is 2. The zero-order valence-corrected chi connectivity index (χ0v) is 21.7. The van der Waals surface area contributed by atoms with E-state index in [-0.39, 0.29) is 12.0 Å². The lowest BCUT2D eigenvalue weighted by Gasteiger charge is -2.18. The number of likely N-dealkylation sites (N-methyl/N-ethyl adjacent to an activating group) is 1. The van der Waals surface area contributed by atoms with Crippen molar-refractivity contribution in [3.05, 3.63) is 59.4 Å². The van der Waals surface area contributed by atoms with Crippen molar-refractivity contribution < 1.29 is 14.3 Å². The second-order valence-corrected chi connectivity index (χ2v) is 8.94. The maximum atomic E-state index is 12.8. The van der Waals surface area contributed by atoms with Crippen LogP contribution in [0.2, 0.25) is 5.02 Å². The predicted molar refractivity (Wildman–Crippen MR) is 148 cm³/mol. The van der Waals surface area contributed by atoms with E-state index in [2.05, 4.69) is 45.3 Å². The molecule has 0 spiro atoms. The molecule has 37 heavy (non-hydrogen) atoms. The minimum atomic E-state index is -0.248. The second kappa shape index (κ2) is 12.5. The summed E-state index contributed by atoms with van der Waals surface area (Å²) >= 11 is 6.15. The highest BCUT2D eigenvalue weighted by molar-refractivity contribution is 6.31. The summed E-state index contributed by atoms with van der Waals surface area (Å²) < 4.78 is 11.7. The Labute approximate surface area is 222 Å². The highest BCUT2D eigenvalue weighted by Gasteiger charge is 2.21. The normalized spacial score (nSPS) is 15.3. The standard InChI is InChI=1S/C28H30ClN5O3/c1-4-19-14-20(9-10-23(19)29)32-28-22-15-25(33-27(35)8-7-12-34(5-2)6-3)26(16-24(22)30-18-31-28)37-21-11-13-36-17-21/h1,7-10,14-16,18,21H,5-6,11-13,17H2,2-3H3,(H,33,35)(H,30,31,32)/b8-7+. The summed E-state index contributed by atoms with van der Waals surface area (Å²) in [5.41, 5.74) is 2.48. The van der Waals surface area contributed by atoms with Crippen molar-refractivity contribution in [2.45, 2.75) is 26.4 Å². The van der Waals surface area contributed by atoms with Gasteiger partial charge in [-0.25, -0.2) is 9.97 Å². The Morgan fingerprint density at radius 3 is 2.86 bits per heavy atom. The number of benzene rings is 2. The first-order valence-corrected chi connectivity index (χ1v) is 12.6. The van der Waals surface area contributed by atoms with Crippen LogP contribution in [0.3, 0.4) is 0 Å². The van der Waals surface area contributed by atoms with Crippen molar-refractivity contribution in [1.29, 1.82) is 0 Å². The molecule has 4 rings (SSSR count). The maximum Gasteiger partial charge on any atom is 0.248 e. The molecular weight excluding hydrogens is 490 g/mol. The molecule has 1 unspecified atom stereocenters. The van der Waals surface area contributed by atoms with Gasteiger partial charge in [0.05, 0.1) is 29.4 Å². The third-order valence-electron chi connectivity index (χ3n) is 6.09. The number of terminal acetylenes is 1. The summed E-state index contributed by atoms with van der Waals surface area (Å²) in [5, 5.41) is 7.45. The highest BCUT2D eigenvalue weighted by atomic mass is 35.5. The lowest BCUT2D eigenvalue weighted by Crippen LogP contribution is -2.23. The Morgan fingerprint density at radius 2 is 2.14 bits per heavy atom. The predicted octanol–water partition coefficient (Wildman–Crippen LogP) is 5.01. The molecule has 1 fully saturated rings. The Kier molecular flexibility index (Phi) is 8.96. The SMILES string of the molecule is C#Cc1cc(Nc2ncnc3cc(OC4CCOC4)c(NC(=O)/C=C/CN(CC)CC)cc23)ccc1Cl. The van der Waals surface area contributed by atoms with E-state index in [1.807, 2.05) is 24.3 Å². The second-order valence-electron chi connectivity index (χ2n) is 8.53. The number of carbonyl (C=O) groups is 1. The van der Waals surface area contributed by atoms with E-state index >= 15 is 0 Å². The van der Waals surface area contributed by atoms with Gasteiger partial charge in [0.25, 0.3) is 0 Å². The van der Waals surface area contributed by atoms with E-state index in [0.29, 0.717) is 58.5 Å². The van der Waals surface area contributed by atoms with Crippen LogP contribution >= 0.6 is 11.6 Å². The van der Waals surface area contributed by atoms with Crippen LogP contribution in [0, 0.1) is 12.3 Å². The third-order valence-corrected chi connectivity index (χ3v) is 6.42. The molecule has 9 heteroatoms. The number of nitrogens with zero attached hydrogens (tertiary/aromatic N) is 3. The van der Waals surface area contributed by atoms with Crippen LogP contribution in [0.5, 0.6) is 5.75 Å². The number of hydrogen-bond donors (Lipinski definition) is 2. The van der Waals surface area contributed by atoms with Crippen LogP contribution in [0.4, 0.5) is 17.2 Å². The van der Waals surface area contributed by atoms with Crippen LogP contribution in [0.25, 0.3) is 10.9 Å². The molecule has 3 aromatic rings. The molecule has 8 nitrogen and oxygen atoms in total. The van der Waals surface area contributed by atoms with Crippen LogP contribution in [-0.2, 0) is 9.53 Å².